The Bertz CT molecular complexity index is 543. The molecule has 3 heteroatoms. The molecule has 0 saturated carbocycles. The minimum absolute atomic E-state index is 0.105. The molecule has 3 nitrogen and oxygen atoms in total. The standard InChI is InChI=1S/C19H24N2O/c1-3-14(2)17(20)19(22)21-18(15-10-6-4-7-11-15)16-12-8-5-9-13-16/h4-14,17-18H,3,20H2,1-2H3,(H,21,22). The van der Waals surface area contributed by atoms with E-state index in [4.69, 9.17) is 5.73 Å². The maximum Gasteiger partial charge on any atom is 0.237 e. The summed E-state index contributed by atoms with van der Waals surface area (Å²) in [4.78, 5) is 12.5. The Balaban J connectivity index is 2.25. The fourth-order valence-electron chi connectivity index (χ4n) is 2.40. The van der Waals surface area contributed by atoms with Gasteiger partial charge in [0.25, 0.3) is 0 Å². The molecule has 0 heterocycles. The zero-order valence-electron chi connectivity index (χ0n) is 13.2. The quantitative estimate of drug-likeness (QED) is 0.859. The van der Waals surface area contributed by atoms with Crippen molar-refractivity contribution in [2.24, 2.45) is 11.7 Å². The summed E-state index contributed by atoms with van der Waals surface area (Å²) in [5.41, 5.74) is 8.17. The number of rotatable bonds is 6. The molecule has 2 aromatic carbocycles. The van der Waals surface area contributed by atoms with Gasteiger partial charge in [0.2, 0.25) is 5.91 Å². The van der Waals surface area contributed by atoms with Gasteiger partial charge in [-0.25, -0.2) is 0 Å². The number of benzene rings is 2. The molecule has 0 spiro atoms. The van der Waals surface area contributed by atoms with E-state index in [9.17, 15) is 4.79 Å². The lowest BCUT2D eigenvalue weighted by molar-refractivity contribution is -0.123. The lowest BCUT2D eigenvalue weighted by Crippen LogP contribution is -2.46. The number of hydrogen-bond donors (Lipinski definition) is 2. The number of nitrogens with one attached hydrogen (secondary N) is 1. The molecule has 3 N–H and O–H groups in total. The van der Waals surface area contributed by atoms with Crippen LogP contribution in [0.3, 0.4) is 0 Å². The third-order valence-corrected chi connectivity index (χ3v) is 4.11. The summed E-state index contributed by atoms with van der Waals surface area (Å²) in [6, 6.07) is 19.3. The van der Waals surface area contributed by atoms with Crippen molar-refractivity contribution in [1.29, 1.82) is 0 Å². The molecule has 2 rings (SSSR count). The molecule has 2 aromatic rings. The van der Waals surface area contributed by atoms with Gasteiger partial charge in [-0.3, -0.25) is 4.79 Å². The Morgan fingerprint density at radius 1 is 1.00 bits per heavy atom. The van der Waals surface area contributed by atoms with Crippen LogP contribution < -0.4 is 11.1 Å². The summed E-state index contributed by atoms with van der Waals surface area (Å²) in [7, 11) is 0. The van der Waals surface area contributed by atoms with Crippen LogP contribution in [0.1, 0.15) is 37.4 Å². The Morgan fingerprint density at radius 3 is 1.86 bits per heavy atom. The second-order valence-electron chi connectivity index (χ2n) is 5.67. The highest BCUT2D eigenvalue weighted by Crippen LogP contribution is 2.22. The zero-order valence-corrected chi connectivity index (χ0v) is 13.2. The lowest BCUT2D eigenvalue weighted by Gasteiger charge is -2.24. The van der Waals surface area contributed by atoms with E-state index in [1.807, 2.05) is 74.5 Å². The first-order valence-electron chi connectivity index (χ1n) is 7.79. The van der Waals surface area contributed by atoms with Gasteiger partial charge in [0.05, 0.1) is 12.1 Å². The first kappa shape index (κ1) is 16.2. The normalized spacial score (nSPS) is 13.6. The summed E-state index contributed by atoms with van der Waals surface area (Å²) in [5.74, 6) is 0.0549. The van der Waals surface area contributed by atoms with Crippen LogP contribution in [-0.2, 0) is 4.79 Å². The van der Waals surface area contributed by atoms with Gasteiger partial charge in [-0.15, -0.1) is 0 Å². The fraction of sp³-hybridized carbons (Fsp3) is 0.316. The van der Waals surface area contributed by atoms with Crippen LogP contribution in [0.15, 0.2) is 60.7 Å². The van der Waals surface area contributed by atoms with Gasteiger partial charge in [0.15, 0.2) is 0 Å². The molecule has 2 atom stereocenters. The van der Waals surface area contributed by atoms with E-state index in [0.717, 1.165) is 17.5 Å². The van der Waals surface area contributed by atoms with Gasteiger partial charge in [-0.1, -0.05) is 80.9 Å². The minimum atomic E-state index is -0.486. The van der Waals surface area contributed by atoms with Gasteiger partial charge in [-0.05, 0) is 17.0 Å². The maximum absolute atomic E-state index is 12.5. The average Bonchev–Trinajstić information content (AvgIpc) is 2.59. The van der Waals surface area contributed by atoms with Crippen molar-refractivity contribution >= 4 is 5.91 Å². The Labute approximate surface area is 132 Å². The number of carbonyl (C=O) groups excluding carboxylic acids is 1. The molecule has 0 saturated heterocycles. The zero-order chi connectivity index (χ0) is 15.9. The van der Waals surface area contributed by atoms with Crippen molar-refractivity contribution in [1.82, 2.24) is 5.32 Å². The lowest BCUT2D eigenvalue weighted by atomic mass is 9.96. The van der Waals surface area contributed by atoms with Crippen LogP contribution in [0.2, 0.25) is 0 Å². The van der Waals surface area contributed by atoms with Gasteiger partial charge in [0, 0.05) is 0 Å². The van der Waals surface area contributed by atoms with Crippen molar-refractivity contribution < 1.29 is 4.79 Å². The van der Waals surface area contributed by atoms with Crippen LogP contribution >= 0.6 is 0 Å². The minimum Gasteiger partial charge on any atom is -0.344 e. The summed E-state index contributed by atoms with van der Waals surface area (Å²) >= 11 is 0. The van der Waals surface area contributed by atoms with E-state index in [1.54, 1.807) is 0 Å². The maximum atomic E-state index is 12.5. The first-order chi connectivity index (χ1) is 10.6. The smallest absolute Gasteiger partial charge is 0.237 e. The molecule has 0 radical (unpaired) electrons. The number of nitrogens with two attached hydrogens (primary N) is 1. The molecule has 0 aromatic heterocycles. The monoisotopic (exact) mass is 296 g/mol. The number of hydrogen-bond acceptors (Lipinski definition) is 2. The van der Waals surface area contributed by atoms with Crippen LogP contribution in [0.4, 0.5) is 0 Å². The molecule has 0 aliphatic heterocycles. The van der Waals surface area contributed by atoms with Gasteiger partial charge in [-0.2, -0.15) is 0 Å². The molecule has 22 heavy (non-hydrogen) atoms. The van der Waals surface area contributed by atoms with E-state index < -0.39 is 6.04 Å². The molecular formula is C19H24N2O. The predicted octanol–water partition coefficient (Wildman–Crippen LogP) is 3.27. The third kappa shape index (κ3) is 3.95. The van der Waals surface area contributed by atoms with Gasteiger partial charge >= 0.3 is 0 Å². The predicted molar refractivity (Wildman–Crippen MR) is 90.3 cm³/mol. The Morgan fingerprint density at radius 2 is 1.45 bits per heavy atom. The van der Waals surface area contributed by atoms with Crippen molar-refractivity contribution in [3.05, 3.63) is 71.8 Å². The first-order valence-corrected chi connectivity index (χ1v) is 7.79. The molecule has 0 bridgehead atoms. The highest BCUT2D eigenvalue weighted by atomic mass is 16.2. The van der Waals surface area contributed by atoms with Crippen molar-refractivity contribution in [2.75, 3.05) is 0 Å². The van der Waals surface area contributed by atoms with E-state index in [1.165, 1.54) is 0 Å². The number of amides is 1. The van der Waals surface area contributed by atoms with E-state index in [0.29, 0.717) is 0 Å². The highest BCUT2D eigenvalue weighted by Gasteiger charge is 2.23. The second-order valence-corrected chi connectivity index (χ2v) is 5.67. The SMILES string of the molecule is CCC(C)C(N)C(=O)NC(c1ccccc1)c1ccccc1. The van der Waals surface area contributed by atoms with Crippen molar-refractivity contribution in [3.8, 4) is 0 Å². The van der Waals surface area contributed by atoms with E-state index >= 15 is 0 Å². The number of carbonyl (C=O) groups is 1. The average molecular weight is 296 g/mol. The van der Waals surface area contributed by atoms with Gasteiger partial charge < -0.3 is 11.1 Å². The van der Waals surface area contributed by atoms with Gasteiger partial charge in [0.1, 0.15) is 0 Å². The van der Waals surface area contributed by atoms with Crippen LogP contribution in [0.25, 0.3) is 0 Å². The Hall–Kier alpha value is -2.13. The Kier molecular flexibility index (Phi) is 5.73. The summed E-state index contributed by atoms with van der Waals surface area (Å²) < 4.78 is 0. The third-order valence-electron chi connectivity index (χ3n) is 4.11. The molecule has 0 fully saturated rings. The van der Waals surface area contributed by atoms with Crippen LogP contribution in [0, 0.1) is 5.92 Å². The molecular weight excluding hydrogens is 272 g/mol. The fourth-order valence-corrected chi connectivity index (χ4v) is 2.40. The molecule has 0 aliphatic rings. The second kappa shape index (κ2) is 7.76. The molecule has 1 amide bonds. The highest BCUT2D eigenvalue weighted by molar-refractivity contribution is 5.82. The summed E-state index contributed by atoms with van der Waals surface area (Å²) in [6.45, 7) is 4.05. The van der Waals surface area contributed by atoms with Crippen LogP contribution in [0.5, 0.6) is 0 Å². The van der Waals surface area contributed by atoms with E-state index in [-0.39, 0.29) is 17.9 Å². The van der Waals surface area contributed by atoms with E-state index in [2.05, 4.69) is 5.32 Å². The van der Waals surface area contributed by atoms with Crippen molar-refractivity contribution in [3.63, 3.8) is 0 Å². The molecule has 2 unspecified atom stereocenters. The largest absolute Gasteiger partial charge is 0.344 e. The summed E-state index contributed by atoms with van der Waals surface area (Å²) in [5, 5.41) is 3.10. The topological polar surface area (TPSA) is 55.1 Å². The van der Waals surface area contributed by atoms with Crippen LogP contribution in [-0.4, -0.2) is 11.9 Å². The molecule has 116 valence electrons. The van der Waals surface area contributed by atoms with Crippen molar-refractivity contribution in [2.45, 2.75) is 32.4 Å². The molecule has 0 aliphatic carbocycles. The summed E-state index contributed by atoms with van der Waals surface area (Å²) in [6.07, 6.45) is 0.885.